The second-order valence-electron chi connectivity index (χ2n) is 7.04. The molecule has 1 fully saturated rings. The van der Waals surface area contributed by atoms with Crippen LogP contribution in [0.4, 0.5) is 20.6 Å². The molecule has 0 aliphatic carbocycles. The highest BCUT2D eigenvalue weighted by molar-refractivity contribution is 5.85. The zero-order valence-corrected chi connectivity index (χ0v) is 14.3. The number of nitrogens with one attached hydrogen (secondary N) is 2. The number of halogens is 1. The summed E-state index contributed by atoms with van der Waals surface area (Å²) in [5.74, 6) is -0.321. The predicted molar refractivity (Wildman–Crippen MR) is 90.4 cm³/mol. The third-order valence-electron chi connectivity index (χ3n) is 3.69. The quantitative estimate of drug-likeness (QED) is 0.891. The lowest BCUT2D eigenvalue weighted by atomic mass is 10.1. The molecule has 1 heterocycles. The van der Waals surface area contributed by atoms with Crippen molar-refractivity contribution in [2.75, 3.05) is 30.8 Å². The average Bonchev–Trinajstić information content (AvgIpc) is 2.43. The Morgan fingerprint density at radius 2 is 1.96 bits per heavy atom. The maximum atomic E-state index is 14.0. The first-order valence-electron chi connectivity index (χ1n) is 7.97. The van der Waals surface area contributed by atoms with Gasteiger partial charge in [-0.25, -0.2) is 9.18 Å². The number of anilines is 2. The van der Waals surface area contributed by atoms with E-state index in [0.717, 1.165) is 25.9 Å². The standard InChI is InChI=1S/C17H26FN3O2/c1-17(2,3)23-16(22)20-13-5-6-14(18)15(11-13)19-12-7-9-21(4)10-8-12/h5-6,11-12,19H,7-10H2,1-4H3,(H,20,22). The van der Waals surface area contributed by atoms with E-state index in [1.165, 1.54) is 12.1 Å². The minimum absolute atomic E-state index is 0.248. The molecule has 2 N–H and O–H groups in total. The second kappa shape index (κ2) is 7.17. The van der Waals surface area contributed by atoms with E-state index in [1.54, 1.807) is 26.8 Å². The lowest BCUT2D eigenvalue weighted by molar-refractivity contribution is 0.0636. The molecule has 6 heteroatoms. The average molecular weight is 323 g/mol. The van der Waals surface area contributed by atoms with Crippen molar-refractivity contribution in [2.45, 2.75) is 45.3 Å². The maximum absolute atomic E-state index is 14.0. The van der Waals surface area contributed by atoms with E-state index < -0.39 is 11.7 Å². The third kappa shape index (κ3) is 5.71. The summed E-state index contributed by atoms with van der Waals surface area (Å²) in [4.78, 5) is 14.1. The molecule has 0 radical (unpaired) electrons. The molecule has 0 aromatic heterocycles. The summed E-state index contributed by atoms with van der Waals surface area (Å²) >= 11 is 0. The number of hydrogen-bond donors (Lipinski definition) is 2. The number of ether oxygens (including phenoxy) is 1. The molecule has 5 nitrogen and oxygen atoms in total. The molecule has 1 saturated heterocycles. The van der Waals surface area contributed by atoms with Crippen molar-refractivity contribution in [1.29, 1.82) is 0 Å². The SMILES string of the molecule is CN1CCC(Nc2cc(NC(=O)OC(C)(C)C)ccc2F)CC1. The highest BCUT2D eigenvalue weighted by Crippen LogP contribution is 2.23. The lowest BCUT2D eigenvalue weighted by Crippen LogP contribution is -2.36. The number of nitrogens with zero attached hydrogens (tertiary/aromatic N) is 1. The summed E-state index contributed by atoms with van der Waals surface area (Å²) in [6.07, 6.45) is 1.40. The van der Waals surface area contributed by atoms with Gasteiger partial charge >= 0.3 is 6.09 Å². The summed E-state index contributed by atoms with van der Waals surface area (Å²) in [6.45, 7) is 7.38. The van der Waals surface area contributed by atoms with Gasteiger partial charge in [-0.2, -0.15) is 0 Å². The van der Waals surface area contributed by atoms with Crippen LogP contribution in [-0.2, 0) is 4.74 Å². The van der Waals surface area contributed by atoms with Gasteiger partial charge in [-0.3, -0.25) is 5.32 Å². The molecule has 1 aliphatic heterocycles. The van der Waals surface area contributed by atoms with Crippen molar-refractivity contribution >= 4 is 17.5 Å². The van der Waals surface area contributed by atoms with Crippen LogP contribution in [0.15, 0.2) is 18.2 Å². The van der Waals surface area contributed by atoms with Gasteiger partial charge in [-0.05, 0) is 71.9 Å². The van der Waals surface area contributed by atoms with Crippen molar-refractivity contribution in [3.8, 4) is 0 Å². The van der Waals surface area contributed by atoms with Crippen molar-refractivity contribution in [1.82, 2.24) is 4.90 Å². The molecule has 1 aliphatic rings. The van der Waals surface area contributed by atoms with E-state index in [-0.39, 0.29) is 11.9 Å². The van der Waals surface area contributed by atoms with E-state index >= 15 is 0 Å². The number of amides is 1. The Hall–Kier alpha value is -1.82. The molecule has 0 bridgehead atoms. The molecular formula is C17H26FN3O2. The van der Waals surface area contributed by atoms with Gasteiger partial charge in [0.05, 0.1) is 5.69 Å². The van der Waals surface area contributed by atoms with Crippen LogP contribution in [0.2, 0.25) is 0 Å². The minimum Gasteiger partial charge on any atom is -0.444 e. The number of benzene rings is 1. The molecule has 2 rings (SSSR count). The molecule has 0 unspecified atom stereocenters. The second-order valence-corrected chi connectivity index (χ2v) is 7.04. The number of rotatable bonds is 3. The van der Waals surface area contributed by atoms with Crippen LogP contribution in [0.5, 0.6) is 0 Å². The summed E-state index contributed by atoms with van der Waals surface area (Å²) in [5.41, 5.74) is 0.350. The Morgan fingerprint density at radius 3 is 2.57 bits per heavy atom. The highest BCUT2D eigenvalue weighted by atomic mass is 19.1. The minimum atomic E-state index is -0.570. The van der Waals surface area contributed by atoms with Gasteiger partial charge in [0.2, 0.25) is 0 Å². The van der Waals surface area contributed by atoms with Crippen LogP contribution >= 0.6 is 0 Å². The van der Waals surface area contributed by atoms with Crippen LogP contribution in [-0.4, -0.2) is 42.8 Å². The summed E-state index contributed by atoms with van der Waals surface area (Å²) in [6, 6.07) is 4.73. The first-order valence-corrected chi connectivity index (χ1v) is 7.97. The number of carbonyl (C=O) groups excluding carboxylic acids is 1. The predicted octanol–water partition coefficient (Wildman–Crippen LogP) is 3.68. The summed E-state index contributed by atoms with van der Waals surface area (Å²) in [5, 5.41) is 5.87. The monoisotopic (exact) mass is 323 g/mol. The molecule has 1 aromatic carbocycles. The van der Waals surface area contributed by atoms with Gasteiger partial charge in [0.1, 0.15) is 11.4 Å². The highest BCUT2D eigenvalue weighted by Gasteiger charge is 2.19. The van der Waals surface area contributed by atoms with Gasteiger partial charge in [-0.15, -0.1) is 0 Å². The topological polar surface area (TPSA) is 53.6 Å². The molecular weight excluding hydrogens is 297 g/mol. The van der Waals surface area contributed by atoms with Gasteiger partial charge in [0, 0.05) is 11.7 Å². The smallest absolute Gasteiger partial charge is 0.412 e. The normalized spacial score (nSPS) is 16.9. The molecule has 0 saturated carbocycles. The van der Waals surface area contributed by atoms with E-state index in [1.807, 2.05) is 0 Å². The van der Waals surface area contributed by atoms with Crippen molar-refractivity contribution in [3.63, 3.8) is 0 Å². The van der Waals surface area contributed by atoms with Crippen LogP contribution in [0.25, 0.3) is 0 Å². The van der Waals surface area contributed by atoms with Crippen molar-refractivity contribution in [2.24, 2.45) is 0 Å². The summed E-state index contributed by atoms with van der Waals surface area (Å²) < 4.78 is 19.2. The lowest BCUT2D eigenvalue weighted by Gasteiger charge is -2.30. The van der Waals surface area contributed by atoms with Gasteiger partial charge in [0.15, 0.2) is 0 Å². The Labute approximate surface area is 137 Å². The first-order chi connectivity index (χ1) is 10.7. The Kier molecular flexibility index (Phi) is 5.46. The summed E-state index contributed by atoms with van der Waals surface area (Å²) in [7, 11) is 2.09. The van der Waals surface area contributed by atoms with E-state index in [2.05, 4.69) is 22.6 Å². The van der Waals surface area contributed by atoms with Gasteiger partial charge < -0.3 is 15.0 Å². The Morgan fingerprint density at radius 1 is 1.30 bits per heavy atom. The first kappa shape index (κ1) is 17.5. The van der Waals surface area contributed by atoms with Crippen LogP contribution in [0.3, 0.4) is 0 Å². The molecule has 128 valence electrons. The van der Waals surface area contributed by atoms with Crippen LogP contribution < -0.4 is 10.6 Å². The molecule has 1 aromatic rings. The molecule has 0 spiro atoms. The van der Waals surface area contributed by atoms with Crippen LogP contribution in [0.1, 0.15) is 33.6 Å². The third-order valence-corrected chi connectivity index (χ3v) is 3.69. The maximum Gasteiger partial charge on any atom is 0.412 e. The van der Waals surface area contributed by atoms with Crippen molar-refractivity contribution in [3.05, 3.63) is 24.0 Å². The fourth-order valence-corrected chi connectivity index (χ4v) is 2.51. The van der Waals surface area contributed by atoms with E-state index in [0.29, 0.717) is 11.4 Å². The van der Waals surface area contributed by atoms with E-state index in [4.69, 9.17) is 4.74 Å². The molecule has 0 atom stereocenters. The van der Waals surface area contributed by atoms with Crippen molar-refractivity contribution < 1.29 is 13.9 Å². The zero-order valence-electron chi connectivity index (χ0n) is 14.3. The van der Waals surface area contributed by atoms with Gasteiger partial charge in [0.25, 0.3) is 0 Å². The number of hydrogen-bond acceptors (Lipinski definition) is 4. The van der Waals surface area contributed by atoms with E-state index in [9.17, 15) is 9.18 Å². The largest absolute Gasteiger partial charge is 0.444 e. The Balaban J connectivity index is 1.99. The molecule has 23 heavy (non-hydrogen) atoms. The Bertz CT molecular complexity index is 549. The fourth-order valence-electron chi connectivity index (χ4n) is 2.51. The van der Waals surface area contributed by atoms with Gasteiger partial charge in [-0.1, -0.05) is 0 Å². The fraction of sp³-hybridized carbons (Fsp3) is 0.588. The zero-order chi connectivity index (χ0) is 17.0. The molecule has 1 amide bonds. The number of piperidine rings is 1. The number of carbonyl (C=O) groups is 1. The number of likely N-dealkylation sites (tertiary alicyclic amines) is 1. The van der Waals surface area contributed by atoms with Crippen LogP contribution in [0, 0.1) is 5.82 Å².